The normalized spacial score (nSPS) is 12.8. The van der Waals surface area contributed by atoms with E-state index < -0.39 is 0 Å². The fourth-order valence-corrected chi connectivity index (χ4v) is 3.05. The van der Waals surface area contributed by atoms with Crippen LogP contribution in [0.15, 0.2) is 120 Å². The van der Waals surface area contributed by atoms with Gasteiger partial charge in [0.15, 0.2) is 0 Å². The molecule has 0 spiro atoms. The number of benzene rings is 2. The van der Waals surface area contributed by atoms with Crippen molar-refractivity contribution in [2.45, 2.75) is 0 Å². The number of anilines is 4. The van der Waals surface area contributed by atoms with Gasteiger partial charge in [-0.2, -0.15) is 0 Å². The Labute approximate surface area is 205 Å². The number of nitrogen functional groups attached to an aromatic ring is 2. The zero-order valence-electron chi connectivity index (χ0n) is 18.5. The standard InChI is InChI=1S/2C13H14N2O.Fe/c2*1-15(12-8-6-11(14)7-9-12)13(16)10-4-2-3-5-10;/h2*2-9,16H,14H2,1H3;/q;;+2/p-2. The molecule has 2 aromatic rings. The minimum Gasteiger partial charge on any atom is -0.860 e. The van der Waals surface area contributed by atoms with Gasteiger partial charge in [-0.1, -0.05) is 48.6 Å². The molecule has 2 aliphatic carbocycles. The first-order chi connectivity index (χ1) is 15.4. The van der Waals surface area contributed by atoms with E-state index in [1.165, 1.54) is 0 Å². The SMILES string of the molecule is CN(C([O-])=C1C=CC=C1)c1ccc(N)cc1.CN(C([O-])=C1C=CC=C1)c1ccc(N)cc1.[Fe+2]. The second-order valence-corrected chi connectivity index (χ2v) is 7.26. The van der Waals surface area contributed by atoms with Gasteiger partial charge in [-0.05, 0) is 71.4 Å². The summed E-state index contributed by atoms with van der Waals surface area (Å²) in [6, 6.07) is 14.4. The molecule has 0 amide bonds. The summed E-state index contributed by atoms with van der Waals surface area (Å²) in [6.45, 7) is 0. The van der Waals surface area contributed by atoms with Crippen LogP contribution in [0.1, 0.15) is 0 Å². The van der Waals surface area contributed by atoms with E-state index in [2.05, 4.69) is 0 Å². The third-order valence-electron chi connectivity index (χ3n) is 4.99. The first-order valence-electron chi connectivity index (χ1n) is 10.1. The van der Waals surface area contributed by atoms with Crippen LogP contribution in [-0.4, -0.2) is 14.1 Å². The van der Waals surface area contributed by atoms with E-state index in [0.29, 0.717) is 22.5 Å². The van der Waals surface area contributed by atoms with Crippen molar-refractivity contribution in [3.05, 3.63) is 120 Å². The maximum absolute atomic E-state index is 12.0. The molecule has 0 saturated carbocycles. The summed E-state index contributed by atoms with van der Waals surface area (Å²) in [5, 5.41) is 24.0. The fraction of sp³-hybridized carbons (Fsp3) is 0.0769. The number of nitrogens with zero attached hydrogens (tertiary/aromatic N) is 2. The van der Waals surface area contributed by atoms with Crippen LogP contribution in [0.4, 0.5) is 22.7 Å². The maximum Gasteiger partial charge on any atom is 2.00 e. The van der Waals surface area contributed by atoms with Crippen molar-refractivity contribution >= 4 is 22.7 Å². The zero-order chi connectivity index (χ0) is 23.1. The maximum atomic E-state index is 12.0. The number of hydrogen-bond donors (Lipinski definition) is 2. The molecule has 2 aliphatic rings. The van der Waals surface area contributed by atoms with Crippen molar-refractivity contribution in [3.63, 3.8) is 0 Å². The third kappa shape index (κ3) is 6.59. The minimum absolute atomic E-state index is 0. The smallest absolute Gasteiger partial charge is 0.860 e. The van der Waals surface area contributed by atoms with E-state index in [1.807, 2.05) is 48.6 Å². The van der Waals surface area contributed by atoms with E-state index in [4.69, 9.17) is 11.5 Å². The Morgan fingerprint density at radius 1 is 0.576 bits per heavy atom. The van der Waals surface area contributed by atoms with E-state index >= 15 is 0 Å². The first-order valence-corrected chi connectivity index (χ1v) is 10.1. The fourth-order valence-electron chi connectivity index (χ4n) is 3.05. The van der Waals surface area contributed by atoms with E-state index in [9.17, 15) is 10.2 Å². The Balaban J connectivity index is 0.000000227. The van der Waals surface area contributed by atoms with Gasteiger partial charge in [0.05, 0.1) is 0 Å². The second kappa shape index (κ2) is 11.7. The molecule has 2 aromatic carbocycles. The predicted octanol–water partition coefficient (Wildman–Crippen LogP) is 2.80. The van der Waals surface area contributed by atoms with Crippen LogP contribution >= 0.6 is 0 Å². The molecule has 0 fully saturated rings. The van der Waals surface area contributed by atoms with Gasteiger partial charge in [0.25, 0.3) is 0 Å². The van der Waals surface area contributed by atoms with Crippen LogP contribution in [0.5, 0.6) is 0 Å². The van der Waals surface area contributed by atoms with Crippen molar-refractivity contribution in [2.24, 2.45) is 0 Å². The molecule has 0 heterocycles. The average Bonchev–Trinajstić information content (AvgIpc) is 3.53. The molecule has 0 unspecified atom stereocenters. The quantitative estimate of drug-likeness (QED) is 0.395. The molecule has 0 aliphatic heterocycles. The van der Waals surface area contributed by atoms with Crippen molar-refractivity contribution in [3.8, 4) is 0 Å². The van der Waals surface area contributed by atoms with E-state index in [1.54, 1.807) is 72.5 Å². The van der Waals surface area contributed by atoms with E-state index in [-0.39, 0.29) is 28.8 Å². The Hall–Kier alpha value is -3.80. The average molecular weight is 482 g/mol. The Bertz CT molecular complexity index is 1010. The molecular weight excluding hydrogens is 456 g/mol. The summed E-state index contributed by atoms with van der Waals surface area (Å²) in [6.07, 6.45) is 14.6. The molecule has 4 rings (SSSR count). The zero-order valence-corrected chi connectivity index (χ0v) is 19.6. The molecule has 0 aromatic heterocycles. The van der Waals surface area contributed by atoms with Crippen LogP contribution in [0.2, 0.25) is 0 Å². The third-order valence-corrected chi connectivity index (χ3v) is 4.99. The minimum atomic E-state index is -0.0187. The molecule has 33 heavy (non-hydrogen) atoms. The number of hydrogen-bond acceptors (Lipinski definition) is 6. The molecular formula is C26H26FeN4O2. The molecule has 0 bridgehead atoms. The summed E-state index contributed by atoms with van der Waals surface area (Å²) in [7, 11) is 3.50. The van der Waals surface area contributed by atoms with Gasteiger partial charge in [0.1, 0.15) is 0 Å². The van der Waals surface area contributed by atoms with Gasteiger partial charge in [-0.15, -0.1) is 0 Å². The molecule has 4 N–H and O–H groups in total. The molecule has 170 valence electrons. The number of rotatable bonds is 4. The molecule has 7 heteroatoms. The number of nitrogens with two attached hydrogens (primary N) is 2. The van der Waals surface area contributed by atoms with Gasteiger partial charge in [-0.25, -0.2) is 0 Å². The summed E-state index contributed by atoms with van der Waals surface area (Å²) in [5.74, 6) is -0.0375. The van der Waals surface area contributed by atoms with Crippen molar-refractivity contribution in [2.75, 3.05) is 35.4 Å². The van der Waals surface area contributed by atoms with Crippen LogP contribution in [0.25, 0.3) is 0 Å². The largest absolute Gasteiger partial charge is 2.00 e. The van der Waals surface area contributed by atoms with E-state index in [0.717, 1.165) is 11.4 Å². The van der Waals surface area contributed by atoms with Gasteiger partial charge in [0.2, 0.25) is 0 Å². The Morgan fingerprint density at radius 2 is 0.848 bits per heavy atom. The predicted molar refractivity (Wildman–Crippen MR) is 129 cm³/mol. The molecule has 0 radical (unpaired) electrons. The van der Waals surface area contributed by atoms with Crippen molar-refractivity contribution < 1.29 is 27.3 Å². The molecule has 0 atom stereocenters. The first kappa shape index (κ1) is 25.5. The van der Waals surface area contributed by atoms with Crippen LogP contribution in [-0.2, 0) is 17.1 Å². The van der Waals surface area contributed by atoms with Gasteiger partial charge in [0, 0.05) is 36.8 Å². The van der Waals surface area contributed by atoms with Crippen molar-refractivity contribution in [1.29, 1.82) is 0 Å². The second-order valence-electron chi connectivity index (χ2n) is 7.26. The van der Waals surface area contributed by atoms with Crippen LogP contribution in [0, 0.1) is 0 Å². The summed E-state index contributed by atoms with van der Waals surface area (Å²) >= 11 is 0. The molecule has 0 saturated heterocycles. The number of allylic oxidation sites excluding steroid dienone is 10. The van der Waals surface area contributed by atoms with Crippen LogP contribution in [0.3, 0.4) is 0 Å². The monoisotopic (exact) mass is 482 g/mol. The van der Waals surface area contributed by atoms with Gasteiger partial charge >= 0.3 is 17.1 Å². The summed E-state index contributed by atoms with van der Waals surface area (Å²) < 4.78 is 0. The topological polar surface area (TPSA) is 105 Å². The molecule has 6 nitrogen and oxygen atoms in total. The van der Waals surface area contributed by atoms with Gasteiger partial charge < -0.3 is 31.5 Å². The van der Waals surface area contributed by atoms with Gasteiger partial charge in [-0.3, -0.25) is 0 Å². The Kier molecular flexibility index (Phi) is 9.04. The Morgan fingerprint density at radius 3 is 1.12 bits per heavy atom. The van der Waals surface area contributed by atoms with Crippen molar-refractivity contribution in [1.82, 2.24) is 0 Å². The van der Waals surface area contributed by atoms with Crippen LogP contribution < -0.4 is 31.5 Å². The summed E-state index contributed by atoms with van der Waals surface area (Å²) in [5.41, 5.74) is 15.6. The summed E-state index contributed by atoms with van der Waals surface area (Å²) in [4.78, 5) is 3.21.